The molecule has 3 rings (SSSR count). The molecule has 0 radical (unpaired) electrons. The first-order valence-electron chi connectivity index (χ1n) is 6.88. The second kappa shape index (κ2) is 5.88. The summed E-state index contributed by atoms with van der Waals surface area (Å²) in [4.78, 5) is 14.9. The van der Waals surface area contributed by atoms with Crippen LogP contribution in [0.15, 0.2) is 41.5 Å². The van der Waals surface area contributed by atoms with Crippen LogP contribution < -0.4 is 10.9 Å². The van der Waals surface area contributed by atoms with E-state index in [1.165, 1.54) is 0 Å². The van der Waals surface area contributed by atoms with E-state index in [0.29, 0.717) is 6.54 Å². The molecule has 2 aromatic heterocycles. The van der Waals surface area contributed by atoms with E-state index in [0.717, 1.165) is 35.3 Å². The Hall–Kier alpha value is -2.47. The molecule has 0 saturated carbocycles. The first-order valence-corrected chi connectivity index (χ1v) is 6.88. The molecular formula is C15H17N5O. The van der Waals surface area contributed by atoms with Crippen molar-refractivity contribution >= 4 is 10.9 Å². The zero-order valence-corrected chi connectivity index (χ0v) is 11.8. The van der Waals surface area contributed by atoms with E-state index in [9.17, 15) is 4.79 Å². The first kappa shape index (κ1) is 13.5. The molecule has 0 bridgehead atoms. The Morgan fingerprint density at radius 2 is 2.19 bits per heavy atom. The van der Waals surface area contributed by atoms with Crippen LogP contribution in [0.5, 0.6) is 0 Å². The maximum Gasteiger partial charge on any atom is 0.252 e. The lowest BCUT2D eigenvalue weighted by molar-refractivity contribution is 0.651. The van der Waals surface area contributed by atoms with E-state index in [-0.39, 0.29) is 5.56 Å². The lowest BCUT2D eigenvalue weighted by Gasteiger charge is -2.05. The SMILES string of the molecule is Cn1cnnc1CCNCc1cc2ccccc2[nH]c1=O. The number of nitrogens with one attached hydrogen (secondary N) is 2. The molecule has 1 aromatic carbocycles. The molecule has 0 spiro atoms. The fraction of sp³-hybridized carbons (Fsp3) is 0.267. The van der Waals surface area contributed by atoms with Gasteiger partial charge in [0.05, 0.1) is 0 Å². The van der Waals surface area contributed by atoms with Crippen LogP contribution in [-0.2, 0) is 20.0 Å². The molecule has 0 fully saturated rings. The summed E-state index contributed by atoms with van der Waals surface area (Å²) in [6.07, 6.45) is 2.46. The molecule has 0 aliphatic rings. The van der Waals surface area contributed by atoms with E-state index in [4.69, 9.17) is 0 Å². The highest BCUT2D eigenvalue weighted by Crippen LogP contribution is 2.09. The van der Waals surface area contributed by atoms with Gasteiger partial charge in [0, 0.05) is 37.6 Å². The highest BCUT2D eigenvalue weighted by atomic mass is 16.1. The van der Waals surface area contributed by atoms with E-state index in [2.05, 4.69) is 20.5 Å². The smallest absolute Gasteiger partial charge is 0.252 e. The van der Waals surface area contributed by atoms with Crippen molar-refractivity contribution in [3.05, 3.63) is 58.4 Å². The summed E-state index contributed by atoms with van der Waals surface area (Å²) < 4.78 is 1.89. The molecule has 2 N–H and O–H groups in total. The van der Waals surface area contributed by atoms with Gasteiger partial charge in [0.15, 0.2) is 0 Å². The highest BCUT2D eigenvalue weighted by Gasteiger charge is 2.03. The van der Waals surface area contributed by atoms with Gasteiger partial charge >= 0.3 is 0 Å². The van der Waals surface area contributed by atoms with Crippen molar-refractivity contribution in [1.82, 2.24) is 25.1 Å². The van der Waals surface area contributed by atoms with Crippen LogP contribution in [-0.4, -0.2) is 26.3 Å². The Labute approximate surface area is 121 Å². The standard InChI is InChI=1S/C15H17N5O/c1-20-10-17-19-14(20)6-7-16-9-12-8-11-4-2-3-5-13(11)18-15(12)21/h2-5,8,10,16H,6-7,9H2,1H3,(H,18,21). The number of aromatic nitrogens is 4. The monoisotopic (exact) mass is 283 g/mol. The summed E-state index contributed by atoms with van der Waals surface area (Å²) in [5.41, 5.74) is 1.57. The molecule has 6 nitrogen and oxygen atoms in total. The number of pyridine rings is 1. The minimum Gasteiger partial charge on any atom is -0.322 e. The number of H-pyrrole nitrogens is 1. The minimum atomic E-state index is -0.0418. The molecule has 0 aliphatic heterocycles. The number of para-hydroxylation sites is 1. The van der Waals surface area contributed by atoms with Gasteiger partial charge in [-0.25, -0.2) is 0 Å². The molecule has 21 heavy (non-hydrogen) atoms. The van der Waals surface area contributed by atoms with Gasteiger partial charge in [-0.2, -0.15) is 0 Å². The maximum absolute atomic E-state index is 12.0. The average Bonchev–Trinajstić information content (AvgIpc) is 2.89. The van der Waals surface area contributed by atoms with Crippen LogP contribution >= 0.6 is 0 Å². The van der Waals surface area contributed by atoms with Gasteiger partial charge in [0.25, 0.3) is 5.56 Å². The van der Waals surface area contributed by atoms with Gasteiger partial charge in [-0.05, 0) is 17.5 Å². The predicted octanol–water partition coefficient (Wildman–Crippen LogP) is 0.989. The summed E-state index contributed by atoms with van der Waals surface area (Å²) in [6, 6.07) is 9.71. The summed E-state index contributed by atoms with van der Waals surface area (Å²) in [6.45, 7) is 1.29. The van der Waals surface area contributed by atoms with Gasteiger partial charge in [-0.1, -0.05) is 18.2 Å². The Balaban J connectivity index is 1.64. The molecule has 108 valence electrons. The Kier molecular flexibility index (Phi) is 3.79. The fourth-order valence-electron chi connectivity index (χ4n) is 2.28. The molecule has 2 heterocycles. The highest BCUT2D eigenvalue weighted by molar-refractivity contribution is 5.78. The summed E-state index contributed by atoms with van der Waals surface area (Å²) in [7, 11) is 1.92. The third kappa shape index (κ3) is 3.00. The largest absolute Gasteiger partial charge is 0.322 e. The fourth-order valence-corrected chi connectivity index (χ4v) is 2.28. The van der Waals surface area contributed by atoms with Crippen molar-refractivity contribution in [1.29, 1.82) is 0 Å². The maximum atomic E-state index is 12.0. The third-order valence-corrected chi connectivity index (χ3v) is 3.48. The second-order valence-corrected chi connectivity index (χ2v) is 5.00. The number of rotatable bonds is 5. The van der Waals surface area contributed by atoms with E-state index >= 15 is 0 Å². The van der Waals surface area contributed by atoms with Gasteiger partial charge in [0.1, 0.15) is 12.2 Å². The van der Waals surface area contributed by atoms with Crippen molar-refractivity contribution < 1.29 is 0 Å². The van der Waals surface area contributed by atoms with Crippen LogP contribution in [0.4, 0.5) is 0 Å². The number of hydrogen-bond donors (Lipinski definition) is 2. The van der Waals surface area contributed by atoms with Crippen molar-refractivity contribution in [2.24, 2.45) is 7.05 Å². The minimum absolute atomic E-state index is 0.0418. The van der Waals surface area contributed by atoms with Gasteiger partial charge in [-0.15, -0.1) is 10.2 Å². The second-order valence-electron chi connectivity index (χ2n) is 5.00. The van der Waals surface area contributed by atoms with Gasteiger partial charge in [0.2, 0.25) is 0 Å². The lowest BCUT2D eigenvalue weighted by atomic mass is 10.1. The average molecular weight is 283 g/mol. The van der Waals surface area contributed by atoms with E-state index in [1.807, 2.05) is 41.9 Å². The molecule has 0 aliphatic carbocycles. The van der Waals surface area contributed by atoms with Crippen LogP contribution in [0.3, 0.4) is 0 Å². The molecule has 3 aromatic rings. The molecule has 6 heteroatoms. The summed E-state index contributed by atoms with van der Waals surface area (Å²) in [5.74, 6) is 0.926. The van der Waals surface area contributed by atoms with Crippen molar-refractivity contribution in [2.45, 2.75) is 13.0 Å². The Morgan fingerprint density at radius 1 is 1.33 bits per heavy atom. The molecular weight excluding hydrogens is 266 g/mol. The van der Waals surface area contributed by atoms with Crippen LogP contribution in [0.25, 0.3) is 10.9 Å². The van der Waals surface area contributed by atoms with Crippen LogP contribution in [0.2, 0.25) is 0 Å². The molecule has 0 saturated heterocycles. The lowest BCUT2D eigenvalue weighted by Crippen LogP contribution is -2.23. The van der Waals surface area contributed by atoms with Gasteiger partial charge in [-0.3, -0.25) is 4.79 Å². The number of aryl methyl sites for hydroxylation is 1. The van der Waals surface area contributed by atoms with Crippen LogP contribution in [0, 0.1) is 0 Å². The first-order chi connectivity index (χ1) is 10.2. The van der Waals surface area contributed by atoms with E-state index < -0.39 is 0 Å². The quantitative estimate of drug-likeness (QED) is 0.685. The van der Waals surface area contributed by atoms with E-state index in [1.54, 1.807) is 6.33 Å². The Morgan fingerprint density at radius 3 is 3.00 bits per heavy atom. The topological polar surface area (TPSA) is 75.6 Å². The van der Waals surface area contributed by atoms with Crippen molar-refractivity contribution in [3.8, 4) is 0 Å². The zero-order chi connectivity index (χ0) is 14.7. The van der Waals surface area contributed by atoms with Gasteiger partial charge < -0.3 is 14.9 Å². The number of nitrogens with zero attached hydrogens (tertiary/aromatic N) is 3. The van der Waals surface area contributed by atoms with Crippen molar-refractivity contribution in [2.75, 3.05) is 6.54 Å². The summed E-state index contributed by atoms with van der Waals surface area (Å²) >= 11 is 0. The molecule has 0 atom stereocenters. The Bertz CT molecular complexity index is 805. The zero-order valence-electron chi connectivity index (χ0n) is 11.8. The van der Waals surface area contributed by atoms with Crippen LogP contribution in [0.1, 0.15) is 11.4 Å². The molecule has 0 unspecified atom stereocenters. The number of aromatic amines is 1. The number of benzene rings is 1. The van der Waals surface area contributed by atoms with Crippen molar-refractivity contribution in [3.63, 3.8) is 0 Å². The predicted molar refractivity (Wildman–Crippen MR) is 81.0 cm³/mol. The third-order valence-electron chi connectivity index (χ3n) is 3.48. The number of fused-ring (bicyclic) bond motifs is 1. The molecule has 0 amide bonds. The number of hydrogen-bond acceptors (Lipinski definition) is 4. The normalized spacial score (nSPS) is 11.1. The summed E-state index contributed by atoms with van der Waals surface area (Å²) in [5, 5.41) is 12.2.